The van der Waals surface area contributed by atoms with Crippen LogP contribution < -0.4 is 11.2 Å². The Morgan fingerprint density at radius 2 is 1.78 bits per heavy atom. The number of phosphoric acid groups is 2. The fourth-order valence-electron chi connectivity index (χ4n) is 2.96. The molecule has 0 saturated carbocycles. The third-order valence-electron chi connectivity index (χ3n) is 4.73. The summed E-state index contributed by atoms with van der Waals surface area (Å²) in [7, 11) is -11.2. The van der Waals surface area contributed by atoms with E-state index in [0.29, 0.717) is 4.57 Å². The third-order valence-corrected chi connectivity index (χ3v) is 7.38. The molecule has 0 aromatic carbocycles. The topological polar surface area (TPSA) is 305 Å². The van der Waals surface area contributed by atoms with Crippen molar-refractivity contribution in [2.24, 2.45) is 0 Å². The summed E-state index contributed by atoms with van der Waals surface area (Å²) in [6.07, 6.45) is -15.3. The van der Waals surface area contributed by atoms with Crippen LogP contribution >= 0.6 is 15.6 Å². The van der Waals surface area contributed by atoms with Crippen molar-refractivity contribution in [2.75, 3.05) is 13.2 Å². The van der Waals surface area contributed by atoms with Crippen molar-refractivity contribution < 1.29 is 72.4 Å². The maximum absolute atomic E-state index is 12.9. The molecule has 0 spiro atoms. The lowest BCUT2D eigenvalue weighted by Gasteiger charge is -2.29. The van der Waals surface area contributed by atoms with Crippen LogP contribution in [0, 0.1) is 0 Å². The first kappa shape index (κ1) is 30.6. The Morgan fingerprint density at radius 1 is 1.14 bits per heavy atom. The van der Waals surface area contributed by atoms with Crippen LogP contribution in [0.15, 0.2) is 21.9 Å². The van der Waals surface area contributed by atoms with Gasteiger partial charge in [-0.3, -0.25) is 23.4 Å². The second-order valence-corrected chi connectivity index (χ2v) is 10.3. The smallest absolute Gasteiger partial charge is 0.394 e. The molecule has 206 valence electrons. The van der Waals surface area contributed by atoms with Gasteiger partial charge in [-0.2, -0.15) is 4.31 Å². The number of aromatic amines is 1. The number of nitrogens with zero attached hydrogens (tertiary/aromatic N) is 1. The molecular weight excluding hydrogens is 542 g/mol. The van der Waals surface area contributed by atoms with Crippen molar-refractivity contribution in [3.8, 4) is 0 Å². The zero-order valence-corrected chi connectivity index (χ0v) is 19.6. The van der Waals surface area contributed by atoms with Crippen molar-refractivity contribution in [3.05, 3.63) is 33.1 Å². The molecule has 36 heavy (non-hydrogen) atoms. The molecule has 0 radical (unpaired) electrons. The molecule has 9 atom stereocenters. The van der Waals surface area contributed by atoms with E-state index in [-0.39, 0.29) is 6.29 Å². The van der Waals surface area contributed by atoms with E-state index in [1.807, 2.05) is 4.98 Å². The monoisotopic (exact) mass is 566 g/mol. The van der Waals surface area contributed by atoms with Crippen molar-refractivity contribution in [2.45, 2.75) is 49.0 Å². The number of hydrogen-bond donors (Lipinski definition) is 9. The normalized spacial score (nSPS) is 27.7. The summed E-state index contributed by atoms with van der Waals surface area (Å²) >= 11 is 0. The first-order chi connectivity index (χ1) is 16.6. The number of aldehydes is 1. The molecule has 21 heteroatoms. The zero-order chi connectivity index (χ0) is 27.4. The number of aromatic nitrogens is 2. The van der Waals surface area contributed by atoms with E-state index in [2.05, 4.69) is 8.83 Å². The van der Waals surface area contributed by atoms with E-state index in [4.69, 9.17) is 19.0 Å². The van der Waals surface area contributed by atoms with Crippen LogP contribution in [0.25, 0.3) is 0 Å². The Kier molecular flexibility index (Phi) is 10.4. The molecule has 1 saturated heterocycles. The van der Waals surface area contributed by atoms with E-state index in [1.54, 1.807) is 0 Å². The lowest BCUT2D eigenvalue weighted by Crippen LogP contribution is -2.47. The van der Waals surface area contributed by atoms with Crippen LogP contribution in [-0.4, -0.2) is 112 Å². The molecule has 2 heterocycles. The number of phosphoric ester groups is 1. The van der Waals surface area contributed by atoms with E-state index in [9.17, 15) is 54.2 Å². The Labute approximate surface area is 199 Å². The summed E-state index contributed by atoms with van der Waals surface area (Å²) in [5.41, 5.74) is -1.81. The van der Waals surface area contributed by atoms with Gasteiger partial charge < -0.3 is 50.0 Å². The Morgan fingerprint density at radius 3 is 2.31 bits per heavy atom. The minimum Gasteiger partial charge on any atom is -0.394 e. The Balaban J connectivity index is 2.22. The number of carbonyl (C=O) groups is 1. The predicted molar refractivity (Wildman–Crippen MR) is 110 cm³/mol. The highest BCUT2D eigenvalue weighted by Gasteiger charge is 2.47. The van der Waals surface area contributed by atoms with Gasteiger partial charge in [0.05, 0.1) is 13.2 Å². The van der Waals surface area contributed by atoms with Crippen molar-refractivity contribution in [3.63, 3.8) is 0 Å². The number of aliphatic hydroxyl groups is 6. The first-order valence-electron chi connectivity index (χ1n) is 9.75. The third kappa shape index (κ3) is 7.67. The summed E-state index contributed by atoms with van der Waals surface area (Å²) in [6, 6.07) is 0.903. The number of rotatable bonds is 13. The summed E-state index contributed by atoms with van der Waals surface area (Å²) in [4.78, 5) is 53.7. The SMILES string of the molecule is O=C[C@H](O)[C@@H](O)[C@H](O)[C@@H](CO)O[P@@](=O)(OC[C@H]1O[C@@H](n2ccc(=O)[nH]c2=O)[C@H](O)[C@@H]1O)OP(=O)(O)O. The van der Waals surface area contributed by atoms with Gasteiger partial charge in [-0.15, -0.1) is 0 Å². The lowest BCUT2D eigenvalue weighted by molar-refractivity contribution is -0.135. The van der Waals surface area contributed by atoms with Gasteiger partial charge >= 0.3 is 21.3 Å². The number of ether oxygens (including phenoxy) is 1. The molecule has 0 aliphatic carbocycles. The van der Waals surface area contributed by atoms with E-state index in [0.717, 1.165) is 12.3 Å². The van der Waals surface area contributed by atoms with Gasteiger partial charge in [0.25, 0.3) is 5.56 Å². The molecule has 19 nitrogen and oxygen atoms in total. The molecular formula is C15H24N2O17P2. The Bertz CT molecular complexity index is 1100. The Hall–Kier alpha value is -1.67. The van der Waals surface area contributed by atoms with Crippen molar-refractivity contribution >= 4 is 21.9 Å². The summed E-state index contributed by atoms with van der Waals surface area (Å²) in [5.74, 6) is 0. The zero-order valence-electron chi connectivity index (χ0n) is 17.9. The van der Waals surface area contributed by atoms with Crippen molar-refractivity contribution in [1.29, 1.82) is 0 Å². The molecule has 1 aromatic heterocycles. The molecule has 2 rings (SSSR count). The number of hydrogen-bond acceptors (Lipinski definition) is 15. The molecule has 9 N–H and O–H groups in total. The molecule has 0 unspecified atom stereocenters. The van der Waals surface area contributed by atoms with E-state index < -0.39 is 89.1 Å². The standard InChI is InChI=1S/C15H24N2O17P2/c18-3-6(20)10(22)11(23)7(4-19)33-36(30,34-35(27,28)29)31-5-8-12(24)13(25)14(32-8)17-2-1-9(21)16-15(17)26/h1-3,6-8,10-14,19-20,22-25H,4-5H2,(H,16,21,26)(H2,27,28,29)/t6-,7+,8+,10+,11+,12+,13+,14+,36+/m0/s1. The summed E-state index contributed by atoms with van der Waals surface area (Å²) in [6.45, 7) is -2.40. The second-order valence-electron chi connectivity index (χ2n) is 7.31. The van der Waals surface area contributed by atoms with Crippen LogP contribution in [-0.2, 0) is 32.0 Å². The molecule has 1 aliphatic rings. The fraction of sp³-hybridized carbons (Fsp3) is 0.667. The number of nitrogens with one attached hydrogen (secondary N) is 1. The average molecular weight is 566 g/mol. The van der Waals surface area contributed by atoms with Crippen LogP contribution in [0.3, 0.4) is 0 Å². The van der Waals surface area contributed by atoms with Crippen LogP contribution in [0.1, 0.15) is 6.23 Å². The average Bonchev–Trinajstić information content (AvgIpc) is 3.07. The van der Waals surface area contributed by atoms with E-state index >= 15 is 0 Å². The number of H-pyrrole nitrogens is 1. The van der Waals surface area contributed by atoms with E-state index in [1.165, 1.54) is 0 Å². The van der Waals surface area contributed by atoms with Gasteiger partial charge in [0.2, 0.25) is 0 Å². The van der Waals surface area contributed by atoms with Gasteiger partial charge in [0, 0.05) is 12.3 Å². The number of carbonyl (C=O) groups excluding carboxylic acids is 1. The molecule has 1 aromatic rings. The maximum atomic E-state index is 12.9. The minimum atomic E-state index is -5.67. The molecule has 0 bridgehead atoms. The van der Waals surface area contributed by atoms with Crippen LogP contribution in [0.5, 0.6) is 0 Å². The second kappa shape index (κ2) is 12.2. The maximum Gasteiger partial charge on any atom is 0.484 e. The van der Waals surface area contributed by atoms with Crippen LogP contribution in [0.4, 0.5) is 0 Å². The van der Waals surface area contributed by atoms with Gasteiger partial charge in [0.15, 0.2) is 12.5 Å². The summed E-state index contributed by atoms with van der Waals surface area (Å²) in [5, 5.41) is 58.7. The summed E-state index contributed by atoms with van der Waals surface area (Å²) < 4.78 is 43.5. The highest BCUT2D eigenvalue weighted by Crippen LogP contribution is 2.62. The predicted octanol–water partition coefficient (Wildman–Crippen LogP) is -4.95. The van der Waals surface area contributed by atoms with Crippen molar-refractivity contribution in [1.82, 2.24) is 9.55 Å². The quantitative estimate of drug-likeness (QED) is 0.0797. The largest absolute Gasteiger partial charge is 0.484 e. The lowest BCUT2D eigenvalue weighted by atomic mass is 10.0. The van der Waals surface area contributed by atoms with Gasteiger partial charge in [-0.1, -0.05) is 0 Å². The minimum absolute atomic E-state index is 0.196. The molecule has 0 amide bonds. The first-order valence-corrected chi connectivity index (χ1v) is 12.7. The van der Waals surface area contributed by atoms with Crippen LogP contribution in [0.2, 0.25) is 0 Å². The van der Waals surface area contributed by atoms with Gasteiger partial charge in [0.1, 0.15) is 42.7 Å². The molecule has 1 aliphatic heterocycles. The molecule has 1 fully saturated rings. The fourth-order valence-corrected chi connectivity index (χ4v) is 5.26. The van der Waals surface area contributed by atoms with Gasteiger partial charge in [-0.05, 0) is 0 Å². The highest BCUT2D eigenvalue weighted by molar-refractivity contribution is 7.61. The number of aliphatic hydroxyl groups excluding tert-OH is 6. The highest BCUT2D eigenvalue weighted by atomic mass is 31.3. The van der Waals surface area contributed by atoms with Gasteiger partial charge in [-0.25, -0.2) is 13.9 Å².